The first kappa shape index (κ1) is 21.5. The molecule has 2 N–H and O–H groups in total. The zero-order valence-electron chi connectivity index (χ0n) is 19.2. The summed E-state index contributed by atoms with van der Waals surface area (Å²) in [5, 5.41) is 26.5. The fraction of sp³-hybridized carbons (Fsp3) is 0.458. The van der Waals surface area contributed by atoms with Crippen molar-refractivity contribution in [3.63, 3.8) is 0 Å². The van der Waals surface area contributed by atoms with Crippen LogP contribution in [-0.2, 0) is 7.05 Å². The van der Waals surface area contributed by atoms with E-state index in [0.29, 0.717) is 29.5 Å². The van der Waals surface area contributed by atoms with Crippen LogP contribution in [0.3, 0.4) is 0 Å². The van der Waals surface area contributed by atoms with Gasteiger partial charge in [0, 0.05) is 49.8 Å². The van der Waals surface area contributed by atoms with E-state index in [1.54, 1.807) is 16.9 Å². The Morgan fingerprint density at radius 2 is 2.03 bits per heavy atom. The molecule has 1 saturated carbocycles. The Bertz CT molecular complexity index is 1180. The third kappa shape index (κ3) is 4.59. The van der Waals surface area contributed by atoms with Crippen molar-refractivity contribution >= 4 is 17.4 Å². The number of carbonyl (C=O) groups excluding carboxylic acids is 1. The van der Waals surface area contributed by atoms with Crippen LogP contribution in [0.2, 0.25) is 0 Å². The Hall–Kier alpha value is -3.33. The van der Waals surface area contributed by atoms with E-state index in [1.165, 1.54) is 0 Å². The molecule has 0 bridgehead atoms. The average molecular weight is 448 g/mol. The summed E-state index contributed by atoms with van der Waals surface area (Å²) in [5.74, 6) is 0.940. The van der Waals surface area contributed by atoms with Gasteiger partial charge in [0.15, 0.2) is 5.82 Å². The van der Waals surface area contributed by atoms with Gasteiger partial charge in [-0.05, 0) is 45.2 Å². The third-order valence-corrected chi connectivity index (χ3v) is 6.52. The summed E-state index contributed by atoms with van der Waals surface area (Å²) in [6.45, 7) is 5.21. The fourth-order valence-corrected chi connectivity index (χ4v) is 4.31. The zero-order chi connectivity index (χ0) is 23.2. The standard InChI is InChI=1S/C24H29N7O2/c1-24(2,33)17-9-10-31(14-17)21-11-20(22(29-28-21)15-7-8-15)27-23(32)19-6-4-5-18(26-19)16-12-25-30(3)13-16/h4-6,11-13,15,17,33H,7-10,14H2,1-3H3,(H,27,28,32)/t17-/m0/s1. The SMILES string of the molecule is Cn1cc(-c2cccc(C(=O)Nc3cc(N4CC[C@H](C(C)(C)O)C4)nnc3C3CC3)n2)cn1. The summed E-state index contributed by atoms with van der Waals surface area (Å²) in [5.41, 5.74) is 2.66. The van der Waals surface area contributed by atoms with Gasteiger partial charge in [-0.1, -0.05) is 6.07 Å². The average Bonchev–Trinajstić information content (AvgIpc) is 3.31. The summed E-state index contributed by atoms with van der Waals surface area (Å²) >= 11 is 0. The Morgan fingerprint density at radius 1 is 1.21 bits per heavy atom. The number of aryl methyl sites for hydroxylation is 1. The van der Waals surface area contributed by atoms with Crippen molar-refractivity contribution in [1.29, 1.82) is 0 Å². The highest BCUT2D eigenvalue weighted by Gasteiger charge is 2.35. The van der Waals surface area contributed by atoms with Gasteiger partial charge >= 0.3 is 0 Å². The van der Waals surface area contributed by atoms with Gasteiger partial charge in [-0.2, -0.15) is 10.2 Å². The smallest absolute Gasteiger partial charge is 0.274 e. The van der Waals surface area contributed by atoms with E-state index in [9.17, 15) is 9.90 Å². The highest BCUT2D eigenvalue weighted by atomic mass is 16.3. The lowest BCUT2D eigenvalue weighted by molar-refractivity contribution is 0.0263. The molecular formula is C24H29N7O2. The van der Waals surface area contributed by atoms with Crippen LogP contribution in [0.1, 0.15) is 55.2 Å². The van der Waals surface area contributed by atoms with Crippen molar-refractivity contribution < 1.29 is 9.90 Å². The first-order chi connectivity index (χ1) is 15.8. The Labute approximate surface area is 192 Å². The highest BCUT2D eigenvalue weighted by Crippen LogP contribution is 2.43. The number of pyridine rings is 1. The zero-order valence-corrected chi connectivity index (χ0v) is 19.2. The summed E-state index contributed by atoms with van der Waals surface area (Å²) < 4.78 is 1.71. The van der Waals surface area contributed by atoms with E-state index < -0.39 is 5.60 Å². The minimum Gasteiger partial charge on any atom is -0.390 e. The van der Waals surface area contributed by atoms with Crippen molar-refractivity contribution in [2.24, 2.45) is 13.0 Å². The second-order valence-electron chi connectivity index (χ2n) is 9.63. The molecule has 33 heavy (non-hydrogen) atoms. The van der Waals surface area contributed by atoms with Crippen molar-refractivity contribution in [3.8, 4) is 11.3 Å². The van der Waals surface area contributed by atoms with Crippen LogP contribution in [0.25, 0.3) is 11.3 Å². The summed E-state index contributed by atoms with van der Waals surface area (Å²) in [7, 11) is 1.84. The number of amides is 1. The largest absolute Gasteiger partial charge is 0.390 e. The number of nitrogens with one attached hydrogen (secondary N) is 1. The highest BCUT2D eigenvalue weighted by molar-refractivity contribution is 6.03. The fourth-order valence-electron chi connectivity index (χ4n) is 4.31. The lowest BCUT2D eigenvalue weighted by Gasteiger charge is -2.26. The van der Waals surface area contributed by atoms with Gasteiger partial charge in [0.05, 0.1) is 28.9 Å². The number of nitrogens with zero attached hydrogens (tertiary/aromatic N) is 6. The number of anilines is 2. The van der Waals surface area contributed by atoms with Crippen LogP contribution in [0.5, 0.6) is 0 Å². The van der Waals surface area contributed by atoms with Gasteiger partial charge in [0.1, 0.15) is 5.69 Å². The monoisotopic (exact) mass is 447 g/mol. The van der Waals surface area contributed by atoms with Gasteiger partial charge in [-0.15, -0.1) is 5.10 Å². The number of hydrogen-bond donors (Lipinski definition) is 2. The van der Waals surface area contributed by atoms with Gasteiger partial charge < -0.3 is 15.3 Å². The molecule has 1 aliphatic carbocycles. The Morgan fingerprint density at radius 3 is 2.70 bits per heavy atom. The lowest BCUT2D eigenvalue weighted by Crippen LogP contribution is -2.33. The molecule has 0 spiro atoms. The summed E-state index contributed by atoms with van der Waals surface area (Å²) in [4.78, 5) is 19.8. The van der Waals surface area contributed by atoms with E-state index in [1.807, 2.05) is 45.3 Å². The molecule has 1 aliphatic heterocycles. The number of aromatic nitrogens is 5. The van der Waals surface area contributed by atoms with Crippen molar-refractivity contribution in [1.82, 2.24) is 25.0 Å². The molecule has 2 aliphatic rings. The molecule has 172 valence electrons. The maximum atomic E-state index is 13.1. The van der Waals surface area contributed by atoms with Crippen LogP contribution in [0, 0.1) is 5.92 Å². The Kier molecular flexibility index (Phi) is 5.36. The van der Waals surface area contributed by atoms with Crippen molar-refractivity contribution in [3.05, 3.63) is 48.0 Å². The van der Waals surface area contributed by atoms with E-state index in [2.05, 4.69) is 30.5 Å². The molecular weight excluding hydrogens is 418 g/mol. The minimum atomic E-state index is -0.738. The van der Waals surface area contributed by atoms with E-state index >= 15 is 0 Å². The maximum absolute atomic E-state index is 13.1. The molecule has 1 atom stereocenters. The third-order valence-electron chi connectivity index (χ3n) is 6.52. The topological polar surface area (TPSA) is 109 Å². The summed E-state index contributed by atoms with van der Waals surface area (Å²) in [6.07, 6.45) is 6.59. The predicted octanol–water partition coefficient (Wildman–Crippen LogP) is 3.00. The molecule has 0 unspecified atom stereocenters. The van der Waals surface area contributed by atoms with E-state index in [0.717, 1.165) is 42.9 Å². The molecule has 1 saturated heterocycles. The molecule has 4 heterocycles. The van der Waals surface area contributed by atoms with Crippen LogP contribution >= 0.6 is 0 Å². The number of rotatable bonds is 6. The van der Waals surface area contributed by atoms with E-state index in [4.69, 9.17) is 0 Å². The minimum absolute atomic E-state index is 0.167. The van der Waals surface area contributed by atoms with Crippen molar-refractivity contribution in [2.75, 3.05) is 23.3 Å². The number of hydrogen-bond acceptors (Lipinski definition) is 7. The molecule has 5 rings (SSSR count). The summed E-state index contributed by atoms with van der Waals surface area (Å²) in [6, 6.07) is 7.30. The van der Waals surface area contributed by atoms with E-state index in [-0.39, 0.29) is 11.8 Å². The maximum Gasteiger partial charge on any atom is 0.274 e. The second-order valence-corrected chi connectivity index (χ2v) is 9.63. The molecule has 3 aromatic rings. The predicted molar refractivity (Wildman–Crippen MR) is 125 cm³/mol. The quantitative estimate of drug-likeness (QED) is 0.598. The second kappa shape index (κ2) is 8.22. The van der Waals surface area contributed by atoms with Gasteiger partial charge in [-0.25, -0.2) is 4.98 Å². The van der Waals surface area contributed by atoms with Gasteiger partial charge in [-0.3, -0.25) is 9.48 Å². The molecule has 0 aromatic carbocycles. The molecule has 9 nitrogen and oxygen atoms in total. The van der Waals surface area contributed by atoms with Gasteiger partial charge in [0.2, 0.25) is 0 Å². The Balaban J connectivity index is 1.39. The lowest BCUT2D eigenvalue weighted by atomic mass is 9.90. The molecule has 2 fully saturated rings. The van der Waals surface area contributed by atoms with Crippen LogP contribution < -0.4 is 10.2 Å². The van der Waals surface area contributed by atoms with Gasteiger partial charge in [0.25, 0.3) is 5.91 Å². The number of aliphatic hydroxyl groups is 1. The molecule has 3 aromatic heterocycles. The molecule has 1 amide bonds. The molecule has 0 radical (unpaired) electrons. The first-order valence-electron chi connectivity index (χ1n) is 11.4. The number of carbonyl (C=O) groups is 1. The molecule has 9 heteroatoms. The normalized spacial score (nSPS) is 18.5. The van der Waals surface area contributed by atoms with Crippen LogP contribution in [-0.4, -0.2) is 54.7 Å². The van der Waals surface area contributed by atoms with Crippen LogP contribution in [0.15, 0.2) is 36.7 Å². The van der Waals surface area contributed by atoms with Crippen LogP contribution in [0.4, 0.5) is 11.5 Å². The van der Waals surface area contributed by atoms with Crippen molar-refractivity contribution in [2.45, 2.75) is 44.6 Å². The first-order valence-corrected chi connectivity index (χ1v) is 11.4.